The van der Waals surface area contributed by atoms with Crippen molar-refractivity contribution in [1.82, 2.24) is 4.90 Å². The molecule has 0 saturated heterocycles. The van der Waals surface area contributed by atoms with Gasteiger partial charge in [0.1, 0.15) is 9.84 Å². The van der Waals surface area contributed by atoms with Crippen molar-refractivity contribution >= 4 is 9.84 Å². The van der Waals surface area contributed by atoms with Gasteiger partial charge in [-0.05, 0) is 34.4 Å². The number of sulfone groups is 1. The highest BCUT2D eigenvalue weighted by molar-refractivity contribution is 7.90. The molecular weight excluding hydrogens is 200 g/mol. The zero-order chi connectivity index (χ0) is 11.6. The van der Waals surface area contributed by atoms with Gasteiger partial charge in [-0.3, -0.25) is 0 Å². The van der Waals surface area contributed by atoms with Crippen molar-refractivity contribution < 1.29 is 8.42 Å². The Morgan fingerprint density at radius 1 is 1.36 bits per heavy atom. The van der Waals surface area contributed by atoms with E-state index in [1.165, 1.54) is 6.26 Å². The maximum absolute atomic E-state index is 11.0. The van der Waals surface area contributed by atoms with Crippen LogP contribution >= 0.6 is 0 Å². The summed E-state index contributed by atoms with van der Waals surface area (Å²) < 4.78 is 21.9. The van der Waals surface area contributed by atoms with Crippen LogP contribution < -0.4 is 5.73 Å². The molecule has 1 atom stereocenters. The van der Waals surface area contributed by atoms with Crippen LogP contribution in [-0.4, -0.2) is 51.0 Å². The van der Waals surface area contributed by atoms with E-state index in [0.29, 0.717) is 6.42 Å². The van der Waals surface area contributed by atoms with E-state index in [2.05, 4.69) is 0 Å². The number of hydrogen-bond acceptors (Lipinski definition) is 4. The molecule has 5 heteroatoms. The van der Waals surface area contributed by atoms with Gasteiger partial charge in [-0.1, -0.05) is 0 Å². The fourth-order valence-corrected chi connectivity index (χ4v) is 1.71. The summed E-state index contributed by atoms with van der Waals surface area (Å²) in [6, 6.07) is -0.132. The van der Waals surface area contributed by atoms with Crippen LogP contribution in [0.3, 0.4) is 0 Å². The summed E-state index contributed by atoms with van der Waals surface area (Å²) in [6.45, 7) is 4.03. The van der Waals surface area contributed by atoms with Crippen LogP contribution in [0, 0.1) is 0 Å². The molecule has 14 heavy (non-hydrogen) atoms. The molecule has 2 N–H and O–H groups in total. The second-order valence-corrected chi connectivity index (χ2v) is 6.83. The van der Waals surface area contributed by atoms with E-state index in [0.717, 1.165) is 0 Å². The molecule has 86 valence electrons. The highest BCUT2D eigenvalue weighted by Gasteiger charge is 2.28. The number of nitrogens with zero attached hydrogens (tertiary/aromatic N) is 1. The monoisotopic (exact) mass is 222 g/mol. The Kier molecular flexibility index (Phi) is 4.55. The fraction of sp³-hybridized carbons (Fsp3) is 1.00. The minimum absolute atomic E-state index is 0.132. The van der Waals surface area contributed by atoms with Crippen molar-refractivity contribution in [3.05, 3.63) is 0 Å². The van der Waals surface area contributed by atoms with Crippen LogP contribution in [0.2, 0.25) is 0 Å². The lowest BCUT2D eigenvalue weighted by atomic mass is 9.92. The molecule has 0 aromatic carbocycles. The van der Waals surface area contributed by atoms with E-state index in [1.807, 2.05) is 32.8 Å². The Bertz CT molecular complexity index is 271. The van der Waals surface area contributed by atoms with Gasteiger partial charge in [0, 0.05) is 17.8 Å². The van der Waals surface area contributed by atoms with Gasteiger partial charge in [0.2, 0.25) is 0 Å². The summed E-state index contributed by atoms with van der Waals surface area (Å²) >= 11 is 0. The minimum Gasteiger partial charge on any atom is -0.326 e. The molecule has 0 saturated carbocycles. The van der Waals surface area contributed by atoms with Crippen molar-refractivity contribution in [3.63, 3.8) is 0 Å². The predicted molar refractivity (Wildman–Crippen MR) is 60.1 cm³/mol. The van der Waals surface area contributed by atoms with E-state index in [1.54, 1.807) is 0 Å². The fourth-order valence-electron chi connectivity index (χ4n) is 1.03. The van der Waals surface area contributed by atoms with Crippen LogP contribution in [0.25, 0.3) is 0 Å². The Hall–Kier alpha value is -0.130. The zero-order valence-electron chi connectivity index (χ0n) is 9.74. The first-order valence-corrected chi connectivity index (χ1v) is 6.74. The third-order valence-corrected chi connectivity index (χ3v) is 3.84. The predicted octanol–water partition coefficient (Wildman–Crippen LogP) is 0.0886. The molecule has 0 aliphatic rings. The maximum Gasteiger partial charge on any atom is 0.147 e. The SMILES string of the molecule is CN(C)C(C)(C)C(N)CCS(C)(=O)=O. The van der Waals surface area contributed by atoms with Crippen LogP contribution in [0.4, 0.5) is 0 Å². The van der Waals surface area contributed by atoms with Crippen molar-refractivity contribution in [3.8, 4) is 0 Å². The largest absolute Gasteiger partial charge is 0.326 e. The highest BCUT2D eigenvalue weighted by Crippen LogP contribution is 2.16. The van der Waals surface area contributed by atoms with Crippen LogP contribution in [-0.2, 0) is 9.84 Å². The molecule has 0 aliphatic heterocycles. The van der Waals surface area contributed by atoms with E-state index >= 15 is 0 Å². The van der Waals surface area contributed by atoms with Gasteiger partial charge in [-0.15, -0.1) is 0 Å². The van der Waals surface area contributed by atoms with Crippen LogP contribution in [0.5, 0.6) is 0 Å². The van der Waals surface area contributed by atoms with Gasteiger partial charge < -0.3 is 10.6 Å². The summed E-state index contributed by atoms with van der Waals surface area (Å²) in [5, 5.41) is 0. The first-order chi connectivity index (χ1) is 6.07. The molecule has 0 rings (SSSR count). The third-order valence-electron chi connectivity index (χ3n) is 2.86. The maximum atomic E-state index is 11.0. The average molecular weight is 222 g/mol. The third kappa shape index (κ3) is 4.39. The number of hydrogen-bond donors (Lipinski definition) is 1. The molecule has 1 unspecified atom stereocenters. The molecule has 0 spiro atoms. The lowest BCUT2D eigenvalue weighted by Crippen LogP contribution is -2.53. The standard InChI is InChI=1S/C9H22N2O2S/c1-9(2,11(3)4)8(10)6-7-14(5,12)13/h8H,6-7,10H2,1-5H3. The first-order valence-electron chi connectivity index (χ1n) is 4.68. The molecule has 0 amide bonds. The van der Waals surface area contributed by atoms with Crippen molar-refractivity contribution in [2.45, 2.75) is 31.8 Å². The lowest BCUT2D eigenvalue weighted by Gasteiger charge is -2.38. The summed E-state index contributed by atoms with van der Waals surface area (Å²) in [6.07, 6.45) is 1.74. The molecule has 0 bridgehead atoms. The second kappa shape index (κ2) is 4.59. The summed E-state index contributed by atoms with van der Waals surface area (Å²) in [5.74, 6) is 0.158. The van der Waals surface area contributed by atoms with Crippen molar-refractivity contribution in [2.24, 2.45) is 5.73 Å². The Morgan fingerprint density at radius 2 is 1.79 bits per heavy atom. The smallest absolute Gasteiger partial charge is 0.147 e. The molecule has 0 aromatic rings. The van der Waals surface area contributed by atoms with Gasteiger partial charge in [-0.2, -0.15) is 0 Å². The van der Waals surface area contributed by atoms with Gasteiger partial charge >= 0.3 is 0 Å². The topological polar surface area (TPSA) is 63.4 Å². The van der Waals surface area contributed by atoms with Crippen molar-refractivity contribution in [2.75, 3.05) is 26.1 Å². The normalized spacial score (nSPS) is 15.9. The molecule has 0 aliphatic carbocycles. The summed E-state index contributed by atoms with van der Waals surface area (Å²) in [4.78, 5) is 2.01. The second-order valence-electron chi connectivity index (χ2n) is 4.57. The highest BCUT2D eigenvalue weighted by atomic mass is 32.2. The molecule has 0 radical (unpaired) electrons. The summed E-state index contributed by atoms with van der Waals surface area (Å²) in [7, 11) is 0.986. The molecule has 4 nitrogen and oxygen atoms in total. The Balaban J connectivity index is 4.29. The first kappa shape index (κ1) is 13.9. The molecule has 0 heterocycles. The Morgan fingerprint density at radius 3 is 2.07 bits per heavy atom. The van der Waals surface area contributed by atoms with E-state index in [9.17, 15) is 8.42 Å². The summed E-state index contributed by atoms with van der Waals surface area (Å²) in [5.41, 5.74) is 5.78. The average Bonchev–Trinajstić information content (AvgIpc) is 1.98. The zero-order valence-corrected chi connectivity index (χ0v) is 10.6. The van der Waals surface area contributed by atoms with E-state index in [4.69, 9.17) is 5.73 Å². The van der Waals surface area contributed by atoms with Crippen molar-refractivity contribution in [1.29, 1.82) is 0 Å². The molecule has 0 fully saturated rings. The van der Waals surface area contributed by atoms with Gasteiger partial charge in [0.15, 0.2) is 0 Å². The Labute approximate surface area is 87.4 Å². The van der Waals surface area contributed by atoms with Gasteiger partial charge in [0.05, 0.1) is 5.75 Å². The number of rotatable bonds is 5. The number of likely N-dealkylation sites (N-methyl/N-ethyl adjacent to an activating group) is 1. The molecule has 0 aromatic heterocycles. The quantitative estimate of drug-likeness (QED) is 0.716. The van der Waals surface area contributed by atoms with Gasteiger partial charge in [0.25, 0.3) is 0 Å². The molecular formula is C9H22N2O2S. The van der Waals surface area contributed by atoms with E-state index in [-0.39, 0.29) is 17.3 Å². The van der Waals surface area contributed by atoms with E-state index < -0.39 is 9.84 Å². The number of nitrogens with two attached hydrogens (primary N) is 1. The van der Waals surface area contributed by atoms with Crippen LogP contribution in [0.15, 0.2) is 0 Å². The minimum atomic E-state index is -2.90. The van der Waals surface area contributed by atoms with Gasteiger partial charge in [-0.25, -0.2) is 8.42 Å². The lowest BCUT2D eigenvalue weighted by molar-refractivity contribution is 0.156. The van der Waals surface area contributed by atoms with Crippen LogP contribution in [0.1, 0.15) is 20.3 Å².